The molecule has 0 aliphatic heterocycles. The number of carbonyl (C=O) groups is 1. The Morgan fingerprint density at radius 3 is 2.45 bits per heavy atom. The monoisotopic (exact) mass is 335 g/mol. The summed E-state index contributed by atoms with van der Waals surface area (Å²) < 4.78 is 22.8. The molecule has 112 valence electrons. The minimum absolute atomic E-state index is 0.0570. The van der Waals surface area contributed by atoms with Gasteiger partial charge in [-0.2, -0.15) is 0 Å². The number of rotatable bonds is 3. The van der Waals surface area contributed by atoms with E-state index in [1.807, 2.05) is 0 Å². The van der Waals surface area contributed by atoms with E-state index in [0.717, 1.165) is 42.9 Å². The smallest absolute Gasteiger partial charge is 0.271 e. The quantitative estimate of drug-likeness (QED) is 0.862. The Balaban J connectivity index is 2.09. The van der Waals surface area contributed by atoms with E-state index in [0.29, 0.717) is 11.1 Å². The van der Waals surface area contributed by atoms with Crippen molar-refractivity contribution < 1.29 is 13.2 Å². The van der Waals surface area contributed by atoms with E-state index < -0.39 is 9.05 Å². The number of thiophene rings is 1. The standard InChI is InChI=1S/C13H18ClNO3S2/c1-8-3-5-10(6-4-8)15-12(16)11-7-19-13(9(11)2)20(14,17)18/h7-8,10H,3-6H2,1-2H3,(H,15,16). The summed E-state index contributed by atoms with van der Waals surface area (Å²) in [6.07, 6.45) is 4.21. The van der Waals surface area contributed by atoms with Crippen molar-refractivity contribution in [2.45, 2.75) is 49.8 Å². The van der Waals surface area contributed by atoms with Crippen LogP contribution in [0.2, 0.25) is 0 Å². The van der Waals surface area contributed by atoms with Crippen LogP contribution in [0.4, 0.5) is 0 Å². The maximum Gasteiger partial charge on any atom is 0.271 e. The van der Waals surface area contributed by atoms with E-state index >= 15 is 0 Å². The fourth-order valence-electron chi connectivity index (χ4n) is 2.53. The first-order valence-corrected chi connectivity index (χ1v) is 9.81. The third-order valence-corrected chi connectivity index (χ3v) is 7.12. The van der Waals surface area contributed by atoms with Gasteiger partial charge in [-0.1, -0.05) is 6.92 Å². The second kappa shape index (κ2) is 6.03. The maximum absolute atomic E-state index is 12.2. The molecule has 1 saturated carbocycles. The van der Waals surface area contributed by atoms with Crippen molar-refractivity contribution in [1.29, 1.82) is 0 Å². The molecule has 0 radical (unpaired) electrons. The molecule has 1 amide bonds. The molecule has 0 unspecified atom stereocenters. The van der Waals surface area contributed by atoms with Crippen LogP contribution in [0.15, 0.2) is 9.59 Å². The first-order chi connectivity index (χ1) is 9.29. The number of amides is 1. The molecule has 1 N–H and O–H groups in total. The molecule has 2 rings (SSSR count). The summed E-state index contributed by atoms with van der Waals surface area (Å²) in [6, 6.07) is 0.189. The molecule has 0 spiro atoms. The van der Waals surface area contributed by atoms with E-state index in [1.165, 1.54) is 0 Å². The summed E-state index contributed by atoms with van der Waals surface area (Å²) in [7, 11) is 1.56. The van der Waals surface area contributed by atoms with Crippen LogP contribution in [0.25, 0.3) is 0 Å². The van der Waals surface area contributed by atoms with Gasteiger partial charge in [-0.15, -0.1) is 11.3 Å². The van der Waals surface area contributed by atoms with Crippen molar-refractivity contribution in [3.63, 3.8) is 0 Å². The van der Waals surface area contributed by atoms with Crippen molar-refractivity contribution in [1.82, 2.24) is 5.32 Å². The van der Waals surface area contributed by atoms with Gasteiger partial charge < -0.3 is 5.32 Å². The molecule has 1 fully saturated rings. The Kier molecular flexibility index (Phi) is 4.76. The van der Waals surface area contributed by atoms with Crippen molar-refractivity contribution in [2.75, 3.05) is 0 Å². The van der Waals surface area contributed by atoms with Gasteiger partial charge in [-0.25, -0.2) is 8.42 Å². The number of hydrogen-bond donors (Lipinski definition) is 1. The summed E-state index contributed by atoms with van der Waals surface area (Å²) in [5.74, 6) is 0.517. The summed E-state index contributed by atoms with van der Waals surface area (Å²) in [5.41, 5.74) is 0.847. The topological polar surface area (TPSA) is 63.2 Å². The first kappa shape index (κ1) is 15.8. The number of nitrogens with one attached hydrogen (secondary N) is 1. The lowest BCUT2D eigenvalue weighted by Gasteiger charge is -2.26. The molecular formula is C13H18ClNO3S2. The van der Waals surface area contributed by atoms with Gasteiger partial charge in [0.05, 0.1) is 5.56 Å². The van der Waals surface area contributed by atoms with Crippen LogP contribution in [0.5, 0.6) is 0 Å². The zero-order valence-electron chi connectivity index (χ0n) is 11.5. The minimum atomic E-state index is -3.78. The molecular weight excluding hydrogens is 318 g/mol. The molecule has 0 bridgehead atoms. The third-order valence-electron chi connectivity index (χ3n) is 3.81. The molecule has 0 atom stereocenters. The molecule has 1 aromatic heterocycles. The second-order valence-electron chi connectivity index (χ2n) is 5.43. The lowest BCUT2D eigenvalue weighted by atomic mass is 9.87. The van der Waals surface area contributed by atoms with E-state index in [9.17, 15) is 13.2 Å². The third kappa shape index (κ3) is 3.54. The molecule has 7 heteroatoms. The molecule has 1 aliphatic carbocycles. The Bertz CT molecular complexity index is 601. The van der Waals surface area contributed by atoms with Crippen molar-refractivity contribution in [3.8, 4) is 0 Å². The fraction of sp³-hybridized carbons (Fsp3) is 0.615. The Labute approximate surface area is 127 Å². The SMILES string of the molecule is Cc1c(C(=O)NC2CCC(C)CC2)csc1S(=O)(=O)Cl. The van der Waals surface area contributed by atoms with Gasteiger partial charge in [0, 0.05) is 22.1 Å². The van der Waals surface area contributed by atoms with Crippen LogP contribution < -0.4 is 5.32 Å². The van der Waals surface area contributed by atoms with E-state index in [1.54, 1.807) is 12.3 Å². The van der Waals surface area contributed by atoms with Crippen LogP contribution >= 0.6 is 22.0 Å². The minimum Gasteiger partial charge on any atom is -0.349 e. The highest BCUT2D eigenvalue weighted by Gasteiger charge is 2.25. The normalized spacial score (nSPS) is 23.6. The summed E-state index contributed by atoms with van der Waals surface area (Å²) in [4.78, 5) is 12.2. The number of carbonyl (C=O) groups excluding carboxylic acids is 1. The van der Waals surface area contributed by atoms with Gasteiger partial charge in [0.25, 0.3) is 15.0 Å². The Morgan fingerprint density at radius 1 is 1.35 bits per heavy atom. The van der Waals surface area contributed by atoms with Crippen LogP contribution in [-0.4, -0.2) is 20.4 Å². The zero-order chi connectivity index (χ0) is 14.9. The van der Waals surface area contributed by atoms with Gasteiger partial charge in [-0.3, -0.25) is 4.79 Å². The predicted octanol–water partition coefficient (Wildman–Crippen LogP) is 3.29. The first-order valence-electron chi connectivity index (χ1n) is 6.62. The molecule has 1 aromatic rings. The van der Waals surface area contributed by atoms with Gasteiger partial charge >= 0.3 is 0 Å². The molecule has 0 saturated heterocycles. The largest absolute Gasteiger partial charge is 0.349 e. The zero-order valence-corrected chi connectivity index (χ0v) is 13.9. The highest BCUT2D eigenvalue weighted by molar-refractivity contribution is 8.15. The molecule has 0 aromatic carbocycles. The molecule has 4 nitrogen and oxygen atoms in total. The molecule has 1 heterocycles. The average Bonchev–Trinajstić information content (AvgIpc) is 2.74. The average molecular weight is 336 g/mol. The fourth-order valence-corrected chi connectivity index (χ4v) is 5.08. The van der Waals surface area contributed by atoms with Crippen LogP contribution in [0, 0.1) is 12.8 Å². The van der Waals surface area contributed by atoms with Crippen LogP contribution in [-0.2, 0) is 9.05 Å². The summed E-state index contributed by atoms with van der Waals surface area (Å²) >= 11 is 0.993. The summed E-state index contributed by atoms with van der Waals surface area (Å²) in [5, 5.41) is 4.55. The second-order valence-corrected chi connectivity index (χ2v) is 9.07. The van der Waals surface area contributed by atoms with E-state index in [2.05, 4.69) is 12.2 Å². The maximum atomic E-state index is 12.2. The summed E-state index contributed by atoms with van der Waals surface area (Å²) in [6.45, 7) is 3.84. The van der Waals surface area contributed by atoms with Crippen molar-refractivity contribution in [2.24, 2.45) is 5.92 Å². The Hall–Kier alpha value is -0.590. The number of hydrogen-bond acceptors (Lipinski definition) is 4. The van der Waals surface area contributed by atoms with Gasteiger partial charge in [-0.05, 0) is 44.1 Å². The van der Waals surface area contributed by atoms with Crippen LogP contribution in [0.3, 0.4) is 0 Å². The van der Waals surface area contributed by atoms with E-state index in [4.69, 9.17) is 10.7 Å². The molecule has 1 aliphatic rings. The van der Waals surface area contributed by atoms with Crippen molar-refractivity contribution >= 4 is 37.0 Å². The Morgan fingerprint density at radius 2 is 1.95 bits per heavy atom. The lowest BCUT2D eigenvalue weighted by molar-refractivity contribution is 0.0922. The van der Waals surface area contributed by atoms with Gasteiger partial charge in [0.15, 0.2) is 0 Å². The van der Waals surface area contributed by atoms with Gasteiger partial charge in [0.1, 0.15) is 4.21 Å². The van der Waals surface area contributed by atoms with Crippen LogP contribution in [0.1, 0.15) is 48.5 Å². The van der Waals surface area contributed by atoms with Crippen molar-refractivity contribution in [3.05, 3.63) is 16.5 Å². The van der Waals surface area contributed by atoms with Gasteiger partial charge in [0.2, 0.25) is 0 Å². The highest BCUT2D eigenvalue weighted by Crippen LogP contribution is 2.30. The molecule has 20 heavy (non-hydrogen) atoms. The van der Waals surface area contributed by atoms with E-state index in [-0.39, 0.29) is 16.2 Å². The predicted molar refractivity (Wildman–Crippen MR) is 81.0 cm³/mol. The lowest BCUT2D eigenvalue weighted by Crippen LogP contribution is -2.37. The number of halogens is 1. The highest BCUT2D eigenvalue weighted by atomic mass is 35.7.